The fourth-order valence-corrected chi connectivity index (χ4v) is 5.70. The minimum Gasteiger partial charge on any atom is -0.383 e. The number of nitrogens with zero attached hydrogens (tertiary/aromatic N) is 5. The van der Waals surface area contributed by atoms with E-state index < -0.39 is 0 Å². The van der Waals surface area contributed by atoms with Crippen LogP contribution in [0.25, 0.3) is 44.3 Å². The Morgan fingerprint density at radius 1 is 1.08 bits per heavy atom. The van der Waals surface area contributed by atoms with E-state index in [0.29, 0.717) is 12.4 Å². The second-order valence-corrected chi connectivity index (χ2v) is 9.49. The number of hydrogen-bond acceptors (Lipinski definition) is 5. The van der Waals surface area contributed by atoms with Crippen LogP contribution in [0, 0.1) is 0 Å². The lowest BCUT2D eigenvalue weighted by Crippen LogP contribution is -2.39. The highest BCUT2D eigenvalue weighted by Crippen LogP contribution is 2.49. The number of carbonyl (C=O) groups excluding carboxylic acids is 1. The van der Waals surface area contributed by atoms with Crippen LogP contribution in [0.15, 0.2) is 79.8 Å². The Labute approximate surface area is 207 Å². The molecular formula is C29H24N6O. The van der Waals surface area contributed by atoms with Gasteiger partial charge in [0.2, 0.25) is 5.91 Å². The molecule has 0 spiro atoms. The maximum atomic E-state index is 13.0. The van der Waals surface area contributed by atoms with Crippen molar-refractivity contribution in [1.82, 2.24) is 24.4 Å². The molecule has 2 N–H and O–H groups in total. The van der Waals surface area contributed by atoms with Gasteiger partial charge in [-0.2, -0.15) is 0 Å². The zero-order valence-corrected chi connectivity index (χ0v) is 19.6. The molecule has 7 heteroatoms. The molecule has 1 aliphatic carbocycles. The number of aromatic nitrogens is 4. The molecule has 176 valence electrons. The van der Waals surface area contributed by atoms with E-state index in [0.717, 1.165) is 62.7 Å². The summed E-state index contributed by atoms with van der Waals surface area (Å²) >= 11 is 0. The number of benzene rings is 2. The van der Waals surface area contributed by atoms with E-state index in [1.165, 1.54) is 12.4 Å². The molecule has 1 fully saturated rings. The smallest absolute Gasteiger partial charge is 0.246 e. The number of carbonyl (C=O) groups is 1. The molecule has 2 aliphatic rings. The van der Waals surface area contributed by atoms with E-state index in [1.54, 1.807) is 0 Å². The number of rotatable bonds is 4. The minimum atomic E-state index is -0.124. The van der Waals surface area contributed by atoms with Crippen LogP contribution in [0.3, 0.4) is 0 Å². The van der Waals surface area contributed by atoms with E-state index >= 15 is 0 Å². The van der Waals surface area contributed by atoms with Crippen molar-refractivity contribution in [2.75, 3.05) is 5.73 Å². The zero-order valence-electron chi connectivity index (χ0n) is 19.6. The predicted octanol–water partition coefficient (Wildman–Crippen LogP) is 5.13. The molecule has 7 nitrogen and oxygen atoms in total. The van der Waals surface area contributed by atoms with Crippen LogP contribution in [0.4, 0.5) is 5.82 Å². The number of fused-ring (bicyclic) bond motifs is 6. The summed E-state index contributed by atoms with van der Waals surface area (Å²) in [6.45, 7) is 4.35. The number of hydrogen-bond donors (Lipinski definition) is 1. The maximum absolute atomic E-state index is 13.0. The minimum absolute atomic E-state index is 0.0368. The van der Waals surface area contributed by atoms with Gasteiger partial charge in [-0.25, -0.2) is 9.97 Å². The first-order chi connectivity index (χ1) is 17.7. The fourth-order valence-electron chi connectivity index (χ4n) is 5.70. The summed E-state index contributed by atoms with van der Waals surface area (Å²) in [5.74, 6) is 0.394. The van der Waals surface area contributed by atoms with Gasteiger partial charge in [0.15, 0.2) is 0 Å². The van der Waals surface area contributed by atoms with Crippen molar-refractivity contribution in [2.24, 2.45) is 0 Å². The highest BCUT2D eigenvalue weighted by molar-refractivity contribution is 6.09. The molecule has 3 aromatic heterocycles. The average Bonchev–Trinajstić information content (AvgIpc) is 3.69. The highest BCUT2D eigenvalue weighted by Gasteiger charge is 2.41. The number of nitrogen functional groups attached to an aromatic ring is 1. The Morgan fingerprint density at radius 3 is 2.72 bits per heavy atom. The van der Waals surface area contributed by atoms with E-state index in [4.69, 9.17) is 10.7 Å². The lowest BCUT2D eigenvalue weighted by atomic mass is 9.90. The third-order valence-electron chi connectivity index (χ3n) is 7.38. The van der Waals surface area contributed by atoms with E-state index in [-0.39, 0.29) is 18.0 Å². The molecular weight excluding hydrogens is 448 g/mol. The zero-order chi connectivity index (χ0) is 24.4. The van der Waals surface area contributed by atoms with E-state index in [1.807, 2.05) is 41.4 Å². The van der Waals surface area contributed by atoms with Gasteiger partial charge in [0.1, 0.15) is 17.8 Å². The van der Waals surface area contributed by atoms with Crippen molar-refractivity contribution < 1.29 is 4.79 Å². The third-order valence-corrected chi connectivity index (χ3v) is 7.38. The molecule has 1 atom stereocenters. The van der Waals surface area contributed by atoms with Crippen LogP contribution in [0.1, 0.15) is 24.4 Å². The number of amides is 1. The summed E-state index contributed by atoms with van der Waals surface area (Å²) in [6.07, 6.45) is 6.87. The molecule has 1 aliphatic heterocycles. The number of para-hydroxylation sites is 1. The van der Waals surface area contributed by atoms with Crippen molar-refractivity contribution in [3.05, 3.63) is 85.3 Å². The van der Waals surface area contributed by atoms with Gasteiger partial charge in [0.25, 0.3) is 0 Å². The molecule has 7 rings (SSSR count). The first-order valence-corrected chi connectivity index (χ1v) is 12.2. The number of nitrogens with two attached hydrogens (primary N) is 1. The van der Waals surface area contributed by atoms with Crippen LogP contribution in [0.5, 0.6) is 0 Å². The lowest BCUT2D eigenvalue weighted by molar-refractivity contribution is -0.129. The normalized spacial score (nSPS) is 16.5. The van der Waals surface area contributed by atoms with Crippen molar-refractivity contribution in [1.29, 1.82) is 0 Å². The van der Waals surface area contributed by atoms with Gasteiger partial charge >= 0.3 is 0 Å². The number of anilines is 1. The predicted molar refractivity (Wildman–Crippen MR) is 141 cm³/mol. The Bertz CT molecular complexity index is 1700. The SMILES string of the molecule is C=CC(=O)N(C1CC1)[C@@H]1Cn2c(c(-c3cnc4ccccc4c3)c3c(N)ncnc32)-c2ccccc21. The molecule has 0 radical (unpaired) electrons. The molecule has 1 amide bonds. The fraction of sp³-hybridized carbons (Fsp3) is 0.172. The maximum Gasteiger partial charge on any atom is 0.246 e. The van der Waals surface area contributed by atoms with Gasteiger partial charge < -0.3 is 15.2 Å². The largest absolute Gasteiger partial charge is 0.383 e. The molecule has 0 unspecified atom stereocenters. The summed E-state index contributed by atoms with van der Waals surface area (Å²) in [6, 6.07) is 18.7. The van der Waals surface area contributed by atoms with Crippen LogP contribution in [-0.2, 0) is 11.3 Å². The topological polar surface area (TPSA) is 89.9 Å². The third kappa shape index (κ3) is 2.99. The molecule has 36 heavy (non-hydrogen) atoms. The first kappa shape index (κ1) is 20.8. The molecule has 4 heterocycles. The second kappa shape index (κ2) is 7.75. The van der Waals surface area contributed by atoms with Crippen molar-refractivity contribution in [3.8, 4) is 22.4 Å². The molecule has 2 aromatic carbocycles. The van der Waals surface area contributed by atoms with Gasteiger partial charge in [-0.1, -0.05) is 49.0 Å². The highest BCUT2D eigenvalue weighted by atomic mass is 16.2. The molecule has 1 saturated carbocycles. The quantitative estimate of drug-likeness (QED) is 0.366. The number of pyridine rings is 1. The Kier molecular flexibility index (Phi) is 4.48. The molecule has 0 bridgehead atoms. The molecule has 5 aromatic rings. The summed E-state index contributed by atoms with van der Waals surface area (Å²) in [5, 5.41) is 1.87. The Hall–Kier alpha value is -4.52. The summed E-state index contributed by atoms with van der Waals surface area (Å²) < 4.78 is 2.21. The van der Waals surface area contributed by atoms with E-state index in [9.17, 15) is 4.79 Å². The van der Waals surface area contributed by atoms with Crippen LogP contribution < -0.4 is 5.73 Å². The van der Waals surface area contributed by atoms with Gasteiger partial charge in [0, 0.05) is 40.9 Å². The van der Waals surface area contributed by atoms with Crippen LogP contribution in [-0.4, -0.2) is 36.4 Å². The van der Waals surface area contributed by atoms with E-state index in [2.05, 4.69) is 45.4 Å². The van der Waals surface area contributed by atoms with Crippen LogP contribution in [0.2, 0.25) is 0 Å². The second-order valence-electron chi connectivity index (χ2n) is 9.49. The lowest BCUT2D eigenvalue weighted by Gasteiger charge is -2.37. The summed E-state index contributed by atoms with van der Waals surface area (Å²) in [4.78, 5) is 28.8. The van der Waals surface area contributed by atoms with Gasteiger partial charge in [-0.15, -0.1) is 0 Å². The molecule has 0 saturated heterocycles. The standard InChI is InChI=1S/C29H24N6O/c1-2-24(36)35(19-11-12-19)23-15-34-27(21-9-5-4-8-20(21)23)25(26-28(30)32-16-33-29(26)34)18-13-17-7-3-6-10-22(17)31-14-18/h2-10,13-14,16,19,23H,1,11-12,15H2,(H2,30,32,33)/t23-/m1/s1. The Balaban J connectivity index is 1.53. The van der Waals surface area contributed by atoms with Crippen molar-refractivity contribution in [3.63, 3.8) is 0 Å². The Morgan fingerprint density at radius 2 is 1.89 bits per heavy atom. The first-order valence-electron chi connectivity index (χ1n) is 12.2. The summed E-state index contributed by atoms with van der Waals surface area (Å²) in [7, 11) is 0. The van der Waals surface area contributed by atoms with Gasteiger partial charge in [-0.05, 0) is 36.6 Å². The van der Waals surface area contributed by atoms with Crippen molar-refractivity contribution >= 4 is 33.7 Å². The van der Waals surface area contributed by atoms with Gasteiger partial charge in [-0.3, -0.25) is 9.78 Å². The van der Waals surface area contributed by atoms with Crippen LogP contribution >= 0.6 is 0 Å². The van der Waals surface area contributed by atoms with Crippen molar-refractivity contribution in [2.45, 2.75) is 31.5 Å². The monoisotopic (exact) mass is 472 g/mol. The summed E-state index contributed by atoms with van der Waals surface area (Å²) in [5.41, 5.74) is 13.4. The van der Waals surface area contributed by atoms with Gasteiger partial charge in [0.05, 0.1) is 22.6 Å². The average molecular weight is 473 g/mol.